The molecular weight excluding hydrogens is 300 g/mol. The fourth-order valence-corrected chi connectivity index (χ4v) is 3.13. The molecule has 1 fully saturated rings. The Morgan fingerprint density at radius 3 is 2.58 bits per heavy atom. The van der Waals surface area contributed by atoms with Crippen LogP contribution in [-0.2, 0) is 16.0 Å². The summed E-state index contributed by atoms with van der Waals surface area (Å²) in [6, 6.07) is 8.09. The molecule has 0 spiro atoms. The van der Waals surface area contributed by atoms with Crippen LogP contribution in [0.1, 0.15) is 44.2 Å². The number of aryl methyl sites for hydroxylation is 1. The third-order valence-corrected chi connectivity index (χ3v) is 4.68. The Kier molecular flexibility index (Phi) is 6.83. The Hall–Kier alpha value is -1.84. The summed E-state index contributed by atoms with van der Waals surface area (Å²) >= 11 is 0. The fourth-order valence-electron chi connectivity index (χ4n) is 3.13. The highest BCUT2D eigenvalue weighted by Gasteiger charge is 2.27. The van der Waals surface area contributed by atoms with Crippen molar-refractivity contribution in [3.05, 3.63) is 35.4 Å². The average molecular weight is 330 g/mol. The number of benzene rings is 1. The monoisotopic (exact) mass is 330 g/mol. The van der Waals surface area contributed by atoms with Gasteiger partial charge in [0, 0.05) is 25.6 Å². The van der Waals surface area contributed by atoms with Crippen LogP contribution >= 0.6 is 0 Å². The summed E-state index contributed by atoms with van der Waals surface area (Å²) in [6.07, 6.45) is 3.01. The van der Waals surface area contributed by atoms with Crippen molar-refractivity contribution in [2.75, 3.05) is 19.6 Å². The second kappa shape index (κ2) is 8.86. The van der Waals surface area contributed by atoms with Crippen molar-refractivity contribution in [2.45, 2.75) is 46.5 Å². The van der Waals surface area contributed by atoms with Gasteiger partial charge < -0.3 is 10.2 Å². The van der Waals surface area contributed by atoms with Crippen LogP contribution in [0, 0.1) is 18.8 Å². The minimum Gasteiger partial charge on any atom is -0.356 e. The fraction of sp³-hybridized carbons (Fsp3) is 0.600. The number of carbonyl (C=O) groups is 2. The van der Waals surface area contributed by atoms with E-state index in [9.17, 15) is 9.59 Å². The zero-order valence-electron chi connectivity index (χ0n) is 15.2. The third-order valence-electron chi connectivity index (χ3n) is 4.68. The van der Waals surface area contributed by atoms with Crippen molar-refractivity contribution in [3.8, 4) is 0 Å². The van der Waals surface area contributed by atoms with Gasteiger partial charge in [-0.3, -0.25) is 9.59 Å². The van der Waals surface area contributed by atoms with E-state index < -0.39 is 0 Å². The van der Waals surface area contributed by atoms with Gasteiger partial charge in [-0.1, -0.05) is 43.7 Å². The molecular formula is C20H30N2O2. The van der Waals surface area contributed by atoms with Crippen molar-refractivity contribution < 1.29 is 9.59 Å². The SMILES string of the molecule is Cc1cccc(CC(=O)N2CCC(C(=O)NCCC(C)C)CC2)c1. The molecule has 1 aromatic carbocycles. The van der Waals surface area contributed by atoms with Crippen LogP contribution in [0.5, 0.6) is 0 Å². The van der Waals surface area contributed by atoms with E-state index in [1.165, 1.54) is 5.56 Å². The number of hydrogen-bond acceptors (Lipinski definition) is 2. The van der Waals surface area contributed by atoms with Gasteiger partial charge in [0.1, 0.15) is 0 Å². The molecule has 0 unspecified atom stereocenters. The highest BCUT2D eigenvalue weighted by molar-refractivity contribution is 5.81. The van der Waals surface area contributed by atoms with E-state index in [1.807, 2.05) is 30.0 Å². The van der Waals surface area contributed by atoms with Gasteiger partial charge in [-0.15, -0.1) is 0 Å². The lowest BCUT2D eigenvalue weighted by Crippen LogP contribution is -2.43. The van der Waals surface area contributed by atoms with E-state index in [1.54, 1.807) is 0 Å². The largest absolute Gasteiger partial charge is 0.356 e. The number of amides is 2. The zero-order chi connectivity index (χ0) is 17.5. The lowest BCUT2D eigenvalue weighted by molar-refractivity contribution is -0.135. The highest BCUT2D eigenvalue weighted by atomic mass is 16.2. The van der Waals surface area contributed by atoms with Crippen LogP contribution in [0.25, 0.3) is 0 Å². The molecule has 1 aliphatic rings. The van der Waals surface area contributed by atoms with Gasteiger partial charge in [0.25, 0.3) is 0 Å². The Bertz CT molecular complexity index is 561. The predicted molar refractivity (Wildman–Crippen MR) is 96.7 cm³/mol. The Balaban J connectivity index is 1.75. The molecule has 1 heterocycles. The second-order valence-electron chi connectivity index (χ2n) is 7.29. The summed E-state index contributed by atoms with van der Waals surface area (Å²) in [6.45, 7) is 8.48. The van der Waals surface area contributed by atoms with Crippen molar-refractivity contribution in [3.63, 3.8) is 0 Å². The maximum atomic E-state index is 12.4. The second-order valence-corrected chi connectivity index (χ2v) is 7.29. The molecule has 0 atom stereocenters. The van der Waals surface area contributed by atoms with E-state index in [2.05, 4.69) is 25.2 Å². The molecule has 1 N–H and O–H groups in total. The summed E-state index contributed by atoms with van der Waals surface area (Å²) in [5.74, 6) is 0.979. The molecule has 4 nitrogen and oxygen atoms in total. The van der Waals surface area contributed by atoms with Crippen molar-refractivity contribution in [1.82, 2.24) is 10.2 Å². The summed E-state index contributed by atoms with van der Waals surface area (Å²) < 4.78 is 0. The number of carbonyl (C=O) groups excluding carboxylic acids is 2. The van der Waals surface area contributed by atoms with Crippen LogP contribution in [0.15, 0.2) is 24.3 Å². The molecule has 24 heavy (non-hydrogen) atoms. The average Bonchev–Trinajstić information content (AvgIpc) is 2.54. The molecule has 0 radical (unpaired) electrons. The van der Waals surface area contributed by atoms with Gasteiger partial charge in [0.2, 0.25) is 11.8 Å². The number of nitrogens with zero attached hydrogens (tertiary/aromatic N) is 1. The third kappa shape index (κ3) is 5.66. The quantitative estimate of drug-likeness (QED) is 0.872. The lowest BCUT2D eigenvalue weighted by Gasteiger charge is -2.31. The first-order chi connectivity index (χ1) is 11.5. The molecule has 0 aromatic heterocycles. The number of nitrogens with one attached hydrogen (secondary N) is 1. The molecule has 2 rings (SSSR count). The van der Waals surface area contributed by atoms with E-state index in [4.69, 9.17) is 0 Å². The number of hydrogen-bond donors (Lipinski definition) is 1. The molecule has 0 saturated carbocycles. The van der Waals surface area contributed by atoms with Gasteiger partial charge in [-0.25, -0.2) is 0 Å². The Morgan fingerprint density at radius 2 is 1.96 bits per heavy atom. The van der Waals surface area contributed by atoms with Gasteiger partial charge in [-0.2, -0.15) is 0 Å². The van der Waals surface area contributed by atoms with Crippen molar-refractivity contribution >= 4 is 11.8 Å². The summed E-state index contributed by atoms with van der Waals surface area (Å²) in [5, 5.41) is 3.03. The molecule has 4 heteroatoms. The van der Waals surface area contributed by atoms with Crippen LogP contribution < -0.4 is 5.32 Å². The van der Waals surface area contributed by atoms with Crippen LogP contribution in [0.2, 0.25) is 0 Å². The first-order valence-corrected chi connectivity index (χ1v) is 9.06. The first kappa shape index (κ1) is 18.5. The smallest absolute Gasteiger partial charge is 0.226 e. The minimum atomic E-state index is 0.0557. The molecule has 132 valence electrons. The van der Waals surface area contributed by atoms with Crippen LogP contribution in [0.4, 0.5) is 0 Å². The normalized spacial score (nSPS) is 15.6. The lowest BCUT2D eigenvalue weighted by atomic mass is 9.95. The van der Waals surface area contributed by atoms with Crippen molar-refractivity contribution in [1.29, 1.82) is 0 Å². The highest BCUT2D eigenvalue weighted by Crippen LogP contribution is 2.18. The van der Waals surface area contributed by atoms with Crippen LogP contribution in [0.3, 0.4) is 0 Å². The number of piperidine rings is 1. The summed E-state index contributed by atoms with van der Waals surface area (Å²) in [7, 11) is 0. The van der Waals surface area contributed by atoms with E-state index in [0.717, 1.165) is 31.4 Å². The molecule has 1 aliphatic heterocycles. The van der Waals surface area contributed by atoms with Gasteiger partial charge in [0.15, 0.2) is 0 Å². The van der Waals surface area contributed by atoms with Crippen LogP contribution in [-0.4, -0.2) is 36.3 Å². The van der Waals surface area contributed by atoms with E-state index in [-0.39, 0.29) is 17.7 Å². The Morgan fingerprint density at radius 1 is 1.25 bits per heavy atom. The molecule has 1 aromatic rings. The number of likely N-dealkylation sites (tertiary alicyclic amines) is 1. The maximum Gasteiger partial charge on any atom is 0.226 e. The first-order valence-electron chi connectivity index (χ1n) is 9.06. The number of rotatable bonds is 6. The van der Waals surface area contributed by atoms with Gasteiger partial charge >= 0.3 is 0 Å². The Labute approximate surface area is 145 Å². The molecule has 0 aliphatic carbocycles. The van der Waals surface area contributed by atoms with Crippen molar-refractivity contribution in [2.24, 2.45) is 11.8 Å². The topological polar surface area (TPSA) is 49.4 Å². The summed E-state index contributed by atoms with van der Waals surface area (Å²) in [4.78, 5) is 26.5. The van der Waals surface area contributed by atoms with E-state index in [0.29, 0.717) is 25.4 Å². The standard InChI is InChI=1S/C20H30N2O2/c1-15(2)7-10-21-20(24)18-8-11-22(12-9-18)19(23)14-17-6-4-5-16(3)13-17/h4-6,13,15,18H,7-12,14H2,1-3H3,(H,21,24). The molecule has 0 bridgehead atoms. The zero-order valence-corrected chi connectivity index (χ0v) is 15.2. The van der Waals surface area contributed by atoms with E-state index >= 15 is 0 Å². The summed E-state index contributed by atoms with van der Waals surface area (Å²) in [5.41, 5.74) is 2.24. The van der Waals surface area contributed by atoms with Gasteiger partial charge in [0.05, 0.1) is 6.42 Å². The predicted octanol–water partition coefficient (Wildman–Crippen LogP) is 2.94. The maximum absolute atomic E-state index is 12.4. The molecule has 2 amide bonds. The van der Waals surface area contributed by atoms with Gasteiger partial charge in [-0.05, 0) is 37.7 Å². The minimum absolute atomic E-state index is 0.0557. The molecule has 1 saturated heterocycles.